The van der Waals surface area contributed by atoms with Gasteiger partial charge in [-0.3, -0.25) is 33.2 Å². The summed E-state index contributed by atoms with van der Waals surface area (Å²) in [6, 6.07) is 31.7. The van der Waals surface area contributed by atoms with E-state index >= 15 is 0 Å². The Morgan fingerprint density at radius 3 is 1.18 bits per heavy atom. The van der Waals surface area contributed by atoms with Gasteiger partial charge in [0, 0.05) is 96.7 Å². The Balaban J connectivity index is 0.000000159. The fraction of sp³-hybridized carbons (Fsp3) is 0.354. The van der Waals surface area contributed by atoms with Crippen LogP contribution in [0.5, 0.6) is 17.2 Å². The van der Waals surface area contributed by atoms with E-state index < -0.39 is 23.1 Å². The number of methoxy groups -OCH3 is 1. The van der Waals surface area contributed by atoms with Gasteiger partial charge in [0.1, 0.15) is 45.9 Å². The van der Waals surface area contributed by atoms with Crippen LogP contribution in [0.4, 0.5) is 61.2 Å². The number of amides is 6. The molecule has 6 amide bonds. The topological polar surface area (TPSA) is 333 Å². The maximum Gasteiger partial charge on any atom is 0.410 e. The van der Waals surface area contributed by atoms with E-state index in [0.717, 1.165) is 80.4 Å². The van der Waals surface area contributed by atoms with Gasteiger partial charge >= 0.3 is 24.1 Å². The van der Waals surface area contributed by atoms with Crippen molar-refractivity contribution >= 4 is 134 Å². The molecular formula is C82H93Cl3N16O15. The smallest absolute Gasteiger partial charge is 0.410 e. The largest absolute Gasteiger partial charge is 0.484 e. The summed E-state index contributed by atoms with van der Waals surface area (Å²) < 4.78 is 37.1. The van der Waals surface area contributed by atoms with Crippen LogP contribution in [0.15, 0.2) is 128 Å². The number of carbonyl (C=O) groups is 8. The number of aryl methyl sites for hydroxylation is 6. The molecule has 31 nitrogen and oxygen atoms in total. The van der Waals surface area contributed by atoms with E-state index in [-0.39, 0.29) is 76.3 Å². The summed E-state index contributed by atoms with van der Waals surface area (Å²) in [4.78, 5) is 109. The minimum atomic E-state index is -1.13. The highest BCUT2D eigenvalue weighted by molar-refractivity contribution is 6.35. The van der Waals surface area contributed by atoms with Crippen LogP contribution >= 0.6 is 34.8 Å². The number of esters is 1. The Morgan fingerprint density at radius 2 is 0.793 bits per heavy atom. The highest BCUT2D eigenvalue weighted by Gasteiger charge is 2.34. The molecule has 116 heavy (non-hydrogen) atoms. The molecule has 0 saturated carbocycles. The van der Waals surface area contributed by atoms with E-state index in [0.29, 0.717) is 93.8 Å². The van der Waals surface area contributed by atoms with Crippen LogP contribution in [0.1, 0.15) is 106 Å². The van der Waals surface area contributed by atoms with Gasteiger partial charge in [-0.15, -0.1) is 0 Å². The molecule has 612 valence electrons. The van der Waals surface area contributed by atoms with Gasteiger partial charge in [-0.05, 0) is 170 Å². The molecule has 0 atom stereocenters. The van der Waals surface area contributed by atoms with E-state index in [9.17, 15) is 38.4 Å². The number of piperazine rings is 2. The van der Waals surface area contributed by atoms with Crippen LogP contribution in [-0.2, 0) is 69.4 Å². The van der Waals surface area contributed by atoms with E-state index in [1.54, 1.807) is 102 Å². The zero-order valence-electron chi connectivity index (χ0n) is 66.7. The lowest BCUT2D eigenvalue weighted by atomic mass is 10.1. The lowest BCUT2D eigenvalue weighted by Gasteiger charge is -2.35. The highest BCUT2D eigenvalue weighted by Crippen LogP contribution is 2.41. The quantitative estimate of drug-likeness (QED) is 0.0560. The number of nitrogens with zero attached hydrogens (tertiary/aromatic N) is 12. The highest BCUT2D eigenvalue weighted by atomic mass is 35.5. The number of halogens is 3. The predicted molar refractivity (Wildman–Crippen MR) is 440 cm³/mol. The van der Waals surface area contributed by atoms with Crippen molar-refractivity contribution in [2.45, 2.75) is 93.2 Å². The van der Waals surface area contributed by atoms with Crippen molar-refractivity contribution in [1.82, 2.24) is 48.9 Å². The van der Waals surface area contributed by atoms with Crippen molar-refractivity contribution in [2.75, 3.05) is 110 Å². The maximum absolute atomic E-state index is 13.8. The molecule has 2 fully saturated rings. The Bertz CT molecular complexity index is 5190. The molecule has 5 N–H and O–H groups in total. The first kappa shape index (κ1) is 84.7. The average Bonchev–Trinajstić information content (AvgIpc) is 1.59. The maximum atomic E-state index is 13.8. The van der Waals surface area contributed by atoms with Crippen LogP contribution < -0.4 is 45.3 Å². The first-order valence-corrected chi connectivity index (χ1v) is 38.3. The summed E-state index contributed by atoms with van der Waals surface area (Å²) in [6.45, 7) is 20.9. The molecule has 2 saturated heterocycles. The Morgan fingerprint density at radius 1 is 0.440 bits per heavy atom. The van der Waals surface area contributed by atoms with Crippen molar-refractivity contribution in [3.05, 3.63) is 193 Å². The molecule has 0 unspecified atom stereocenters. The Labute approximate surface area is 686 Å². The van der Waals surface area contributed by atoms with Crippen molar-refractivity contribution in [1.29, 1.82) is 0 Å². The van der Waals surface area contributed by atoms with Crippen LogP contribution in [0.25, 0.3) is 0 Å². The second-order valence-electron chi connectivity index (χ2n) is 29.9. The second-order valence-corrected chi connectivity index (χ2v) is 31.1. The van der Waals surface area contributed by atoms with E-state index in [1.165, 1.54) is 42.5 Å². The molecule has 0 aliphatic carbocycles. The van der Waals surface area contributed by atoms with Gasteiger partial charge < -0.3 is 84.2 Å². The third kappa shape index (κ3) is 21.2. The number of nitrogens with one attached hydrogen (secondary N) is 4. The number of carboxylic acids is 1. The summed E-state index contributed by atoms with van der Waals surface area (Å²) in [5, 5.41) is 36.0. The molecule has 5 aliphatic heterocycles. The minimum absolute atomic E-state index is 0.0337. The van der Waals surface area contributed by atoms with Crippen LogP contribution in [0.2, 0.25) is 15.1 Å². The minimum Gasteiger partial charge on any atom is -0.484 e. The summed E-state index contributed by atoms with van der Waals surface area (Å²) in [5.41, 5.74) is 11.1. The summed E-state index contributed by atoms with van der Waals surface area (Å²) >= 11 is 18.9. The van der Waals surface area contributed by atoms with Crippen molar-refractivity contribution in [3.8, 4) is 17.2 Å². The molecule has 8 heterocycles. The standard InChI is InChI=1S/C30H35ClN6O5.C22H21ClN4O4.C18H23ClN2O6.C12H14N4/c1-19-6-9-25-24(14-19)33-27-20(16-32-34(27)5)17-37(25)28(39)22-8-7-21(15-23(22)31)41-18-26(38)35-10-12-36(13-11-35)29(40)42-30(2,3)4;1-13-4-7-19-18(8-13)25-21-14(10-24-26(21)2)11-27(19)22(29)16-6-5-15(9-17(16)23)31-12-20(28)30-3;1-18(2,3)27-17(25)21-8-6-20(7-9-21)15(22)11-26-12-4-5-13(16(23)24)14(19)10-12;1-8-3-4-10-11(5-8)15-12-9(6-13-10)7-14-16(12)2/h6-9,14-16,33H,10-13,17-18H2,1-5H3;4-10,25H,11-12H2,1-3H3;4-5,10H,6-9,11H2,1-3H3,(H,23,24);3-5,7,13,15H,6H2,1-2H3. The normalized spacial score (nSPS) is 13.9. The Hall–Kier alpha value is -12.2. The van der Waals surface area contributed by atoms with Crippen molar-refractivity contribution < 1.29 is 71.9 Å². The van der Waals surface area contributed by atoms with Gasteiger partial charge in [0.2, 0.25) is 0 Å². The number of rotatable bonds is 12. The molecule has 5 aliphatic rings. The molecule has 14 rings (SSSR count). The zero-order chi connectivity index (χ0) is 83.6. The average molecular weight is 1650 g/mol. The number of benzene rings is 6. The second kappa shape index (κ2) is 36.5. The number of hydrogen-bond donors (Lipinski definition) is 5. The molecule has 0 radical (unpaired) electrons. The van der Waals surface area contributed by atoms with Gasteiger partial charge in [-0.2, -0.15) is 15.3 Å². The van der Waals surface area contributed by atoms with Gasteiger partial charge in [0.05, 0.1) is 105 Å². The van der Waals surface area contributed by atoms with Gasteiger partial charge in [0.25, 0.3) is 23.6 Å². The number of ether oxygens (including phenoxy) is 6. The molecule has 34 heteroatoms. The fourth-order valence-electron chi connectivity index (χ4n) is 12.8. The lowest BCUT2D eigenvalue weighted by Crippen LogP contribution is -2.52. The predicted octanol–water partition coefficient (Wildman–Crippen LogP) is 13.5. The SMILES string of the molecule is CC(C)(C)OC(=O)N1CCN(C(=O)COc2ccc(C(=O)O)c(Cl)c2)CC1.COC(=O)COc1ccc(C(=O)N2Cc3cnn(C)c3Nc3cc(C)ccc32)c(Cl)c1.Cc1ccc2c(c1)Nc1c(cnn1C)CN2.Cc1ccc2c(c1)Nc1c(cnn1C)CN2C(=O)c1ccc(OCC(=O)N2CCN(C(=O)OC(C)(C)C)CC2)cc1Cl. The summed E-state index contributed by atoms with van der Waals surface area (Å²) in [7, 11) is 6.93. The molecule has 3 aromatic heterocycles. The lowest BCUT2D eigenvalue weighted by molar-refractivity contribution is -0.143. The number of fused-ring (bicyclic) bond motifs is 6. The summed E-state index contributed by atoms with van der Waals surface area (Å²) in [6.07, 6.45) is 4.61. The molecule has 0 bridgehead atoms. The Kier molecular flexibility index (Phi) is 26.7. The van der Waals surface area contributed by atoms with Crippen LogP contribution in [0.3, 0.4) is 0 Å². The number of hydrogen-bond acceptors (Lipinski definition) is 21. The number of aromatic carboxylic acids is 1. The van der Waals surface area contributed by atoms with E-state index in [1.807, 2.05) is 103 Å². The van der Waals surface area contributed by atoms with Crippen LogP contribution in [0, 0.1) is 20.8 Å². The molecular weight excluding hydrogens is 1560 g/mol. The monoisotopic (exact) mass is 1650 g/mol. The van der Waals surface area contributed by atoms with Crippen molar-refractivity contribution in [2.24, 2.45) is 21.1 Å². The number of aromatic nitrogens is 6. The van der Waals surface area contributed by atoms with Gasteiger partial charge in [0.15, 0.2) is 19.8 Å². The zero-order valence-corrected chi connectivity index (χ0v) is 69.0. The number of carbonyl (C=O) groups excluding carboxylic acids is 7. The molecule has 0 spiro atoms. The summed E-state index contributed by atoms with van der Waals surface area (Å²) in [5.74, 6) is 1.18. The third-order valence-corrected chi connectivity index (χ3v) is 19.8. The first-order valence-electron chi connectivity index (χ1n) is 37.2. The van der Waals surface area contributed by atoms with Gasteiger partial charge in [-0.1, -0.05) is 53.0 Å². The fourth-order valence-corrected chi connectivity index (χ4v) is 13.6. The van der Waals surface area contributed by atoms with Gasteiger partial charge in [-0.25, -0.2) is 19.2 Å². The van der Waals surface area contributed by atoms with E-state index in [2.05, 4.69) is 66.4 Å². The van der Waals surface area contributed by atoms with Crippen LogP contribution in [-0.4, -0.2) is 192 Å². The molecule has 6 aromatic carbocycles. The third-order valence-electron chi connectivity index (χ3n) is 18.9. The van der Waals surface area contributed by atoms with Crippen molar-refractivity contribution in [3.63, 3.8) is 0 Å². The first-order chi connectivity index (χ1) is 55.1. The molecule has 9 aromatic rings. The number of anilines is 9. The number of carboxylic acid groups (broad SMARTS) is 1. The van der Waals surface area contributed by atoms with E-state index in [4.69, 9.17) is 63.6 Å².